The molecule has 2 aromatic heterocycles. The summed E-state index contributed by atoms with van der Waals surface area (Å²) in [6, 6.07) is 4.15. The molecule has 0 spiro atoms. The standard InChI is InChI=1S/C16H18N6O/c1-21-6-7-22(13-4-5-18-9-12(13)8-17)10-14(21)16-19-15(20-23-16)11-2-3-11/h4-5,9,11,14H,2-3,6-7,10H2,1H3. The SMILES string of the molecule is CN1CCN(c2ccncc2C#N)CC1c1nc(C2CC2)no1. The third-order valence-corrected chi connectivity index (χ3v) is 4.59. The number of rotatable bonds is 3. The lowest BCUT2D eigenvalue weighted by Gasteiger charge is -2.39. The molecule has 0 radical (unpaired) electrons. The Morgan fingerprint density at radius 2 is 2.22 bits per heavy atom. The number of hydrogen-bond acceptors (Lipinski definition) is 7. The maximum Gasteiger partial charge on any atom is 0.245 e. The minimum atomic E-state index is 0.0449. The third kappa shape index (κ3) is 2.66. The van der Waals surface area contributed by atoms with Crippen molar-refractivity contribution < 1.29 is 4.52 Å². The maximum absolute atomic E-state index is 9.29. The Morgan fingerprint density at radius 1 is 1.35 bits per heavy atom. The number of hydrogen-bond donors (Lipinski definition) is 0. The largest absolute Gasteiger partial charge is 0.367 e. The molecule has 2 fully saturated rings. The molecule has 7 nitrogen and oxygen atoms in total. The molecule has 1 saturated heterocycles. The van der Waals surface area contributed by atoms with Gasteiger partial charge in [0.2, 0.25) is 5.89 Å². The van der Waals surface area contributed by atoms with Crippen LogP contribution in [0.5, 0.6) is 0 Å². The molecular formula is C16H18N6O. The van der Waals surface area contributed by atoms with Gasteiger partial charge in [0.15, 0.2) is 5.82 Å². The van der Waals surface area contributed by atoms with Crippen LogP contribution in [0, 0.1) is 11.3 Å². The maximum atomic E-state index is 9.29. The van der Waals surface area contributed by atoms with Gasteiger partial charge >= 0.3 is 0 Å². The molecule has 0 N–H and O–H groups in total. The Bertz CT molecular complexity index is 747. The van der Waals surface area contributed by atoms with E-state index in [0.29, 0.717) is 17.4 Å². The molecule has 1 aliphatic carbocycles. The molecule has 0 aromatic carbocycles. The Hall–Kier alpha value is -2.46. The van der Waals surface area contributed by atoms with Crippen molar-refractivity contribution in [2.24, 2.45) is 0 Å². The van der Waals surface area contributed by atoms with Crippen LogP contribution in [-0.4, -0.2) is 46.7 Å². The quantitative estimate of drug-likeness (QED) is 0.853. The number of likely N-dealkylation sites (N-methyl/N-ethyl adjacent to an activating group) is 1. The van der Waals surface area contributed by atoms with Gasteiger partial charge in [-0.25, -0.2) is 0 Å². The predicted molar refractivity (Wildman–Crippen MR) is 82.8 cm³/mol. The lowest BCUT2D eigenvalue weighted by molar-refractivity contribution is 0.177. The van der Waals surface area contributed by atoms with Crippen LogP contribution >= 0.6 is 0 Å². The highest BCUT2D eigenvalue weighted by atomic mass is 16.5. The van der Waals surface area contributed by atoms with Gasteiger partial charge in [0.25, 0.3) is 0 Å². The van der Waals surface area contributed by atoms with Gasteiger partial charge in [-0.15, -0.1) is 0 Å². The van der Waals surface area contributed by atoms with Crippen molar-refractivity contribution in [3.8, 4) is 6.07 Å². The zero-order valence-electron chi connectivity index (χ0n) is 13.0. The molecule has 23 heavy (non-hydrogen) atoms. The van der Waals surface area contributed by atoms with E-state index in [9.17, 15) is 5.26 Å². The first-order chi connectivity index (χ1) is 11.3. The fourth-order valence-corrected chi connectivity index (χ4v) is 3.00. The minimum absolute atomic E-state index is 0.0449. The van der Waals surface area contributed by atoms with Crippen LogP contribution in [0.4, 0.5) is 5.69 Å². The van der Waals surface area contributed by atoms with E-state index < -0.39 is 0 Å². The molecule has 3 heterocycles. The summed E-state index contributed by atoms with van der Waals surface area (Å²) in [6.45, 7) is 2.45. The first kappa shape index (κ1) is 14.2. The molecule has 7 heteroatoms. The second-order valence-corrected chi connectivity index (χ2v) is 6.21. The van der Waals surface area contributed by atoms with Crippen LogP contribution in [0.1, 0.15) is 42.1 Å². The van der Waals surface area contributed by atoms with Gasteiger partial charge in [-0.3, -0.25) is 9.88 Å². The first-order valence-electron chi connectivity index (χ1n) is 7.89. The smallest absolute Gasteiger partial charge is 0.245 e. The number of anilines is 1. The van der Waals surface area contributed by atoms with E-state index >= 15 is 0 Å². The predicted octanol–water partition coefficient (Wildman–Crippen LogP) is 1.71. The Kier molecular flexibility index (Phi) is 3.46. The van der Waals surface area contributed by atoms with Gasteiger partial charge in [0.1, 0.15) is 12.1 Å². The summed E-state index contributed by atoms with van der Waals surface area (Å²) in [7, 11) is 2.07. The second kappa shape index (κ2) is 5.63. The second-order valence-electron chi connectivity index (χ2n) is 6.21. The summed E-state index contributed by atoms with van der Waals surface area (Å²) < 4.78 is 5.51. The summed E-state index contributed by atoms with van der Waals surface area (Å²) in [5, 5.41) is 13.4. The zero-order chi connectivity index (χ0) is 15.8. The summed E-state index contributed by atoms with van der Waals surface area (Å²) in [4.78, 5) is 13.1. The monoisotopic (exact) mass is 310 g/mol. The van der Waals surface area contributed by atoms with E-state index in [2.05, 4.69) is 38.0 Å². The highest BCUT2D eigenvalue weighted by Gasteiger charge is 2.34. The van der Waals surface area contributed by atoms with E-state index in [-0.39, 0.29) is 6.04 Å². The molecule has 1 aliphatic heterocycles. The van der Waals surface area contributed by atoms with Gasteiger partial charge in [0, 0.05) is 37.9 Å². The molecular weight excluding hydrogens is 292 g/mol. The minimum Gasteiger partial charge on any atom is -0.367 e. The van der Waals surface area contributed by atoms with E-state index in [1.165, 1.54) is 0 Å². The Labute approximate surface area is 134 Å². The van der Waals surface area contributed by atoms with Gasteiger partial charge in [-0.1, -0.05) is 5.16 Å². The van der Waals surface area contributed by atoms with Crippen LogP contribution in [0.25, 0.3) is 0 Å². The molecule has 118 valence electrons. The average molecular weight is 310 g/mol. The summed E-state index contributed by atoms with van der Waals surface area (Å²) in [5.74, 6) is 2.00. The lowest BCUT2D eigenvalue weighted by Crippen LogP contribution is -2.47. The molecule has 1 atom stereocenters. The number of piperazine rings is 1. The summed E-state index contributed by atoms with van der Waals surface area (Å²) in [5.41, 5.74) is 1.52. The van der Waals surface area contributed by atoms with Crippen LogP contribution in [0.15, 0.2) is 23.0 Å². The Balaban J connectivity index is 1.58. The highest BCUT2D eigenvalue weighted by Crippen LogP contribution is 2.39. The number of aromatic nitrogens is 3. The summed E-state index contributed by atoms with van der Waals surface area (Å²) in [6.07, 6.45) is 5.66. The lowest BCUT2D eigenvalue weighted by atomic mass is 10.1. The van der Waals surface area contributed by atoms with E-state index in [1.807, 2.05) is 6.07 Å². The van der Waals surface area contributed by atoms with Crippen LogP contribution < -0.4 is 4.90 Å². The van der Waals surface area contributed by atoms with Crippen molar-refractivity contribution in [1.82, 2.24) is 20.0 Å². The van der Waals surface area contributed by atoms with Crippen molar-refractivity contribution in [2.75, 3.05) is 31.6 Å². The number of nitrogens with zero attached hydrogens (tertiary/aromatic N) is 6. The van der Waals surface area contributed by atoms with Crippen LogP contribution in [0.2, 0.25) is 0 Å². The molecule has 0 amide bonds. The van der Waals surface area contributed by atoms with Crippen molar-refractivity contribution in [2.45, 2.75) is 24.8 Å². The fraction of sp³-hybridized carbons (Fsp3) is 0.500. The molecule has 1 saturated carbocycles. The summed E-state index contributed by atoms with van der Waals surface area (Å²) >= 11 is 0. The van der Waals surface area contributed by atoms with Crippen LogP contribution in [-0.2, 0) is 0 Å². The van der Waals surface area contributed by atoms with Gasteiger partial charge in [-0.2, -0.15) is 10.2 Å². The first-order valence-corrected chi connectivity index (χ1v) is 7.89. The molecule has 1 unspecified atom stereocenters. The Morgan fingerprint density at radius 3 is 3.00 bits per heavy atom. The highest BCUT2D eigenvalue weighted by molar-refractivity contribution is 5.58. The van der Waals surface area contributed by atoms with Crippen LogP contribution in [0.3, 0.4) is 0 Å². The van der Waals surface area contributed by atoms with Crippen molar-refractivity contribution in [3.05, 3.63) is 35.7 Å². The molecule has 0 bridgehead atoms. The molecule has 2 aliphatic rings. The molecule has 2 aromatic rings. The molecule has 4 rings (SSSR count). The fourth-order valence-electron chi connectivity index (χ4n) is 3.00. The van der Waals surface area contributed by atoms with Gasteiger partial charge < -0.3 is 9.42 Å². The van der Waals surface area contributed by atoms with Crippen molar-refractivity contribution in [1.29, 1.82) is 5.26 Å². The van der Waals surface area contributed by atoms with Crippen molar-refractivity contribution in [3.63, 3.8) is 0 Å². The number of pyridine rings is 1. The van der Waals surface area contributed by atoms with E-state index in [0.717, 1.165) is 44.0 Å². The average Bonchev–Trinajstić information content (AvgIpc) is 3.33. The van der Waals surface area contributed by atoms with Gasteiger partial charge in [0.05, 0.1) is 11.3 Å². The normalized spacial score (nSPS) is 22.1. The van der Waals surface area contributed by atoms with Crippen molar-refractivity contribution >= 4 is 5.69 Å². The number of nitriles is 1. The zero-order valence-corrected chi connectivity index (χ0v) is 13.0. The van der Waals surface area contributed by atoms with E-state index in [4.69, 9.17) is 4.52 Å². The van der Waals surface area contributed by atoms with Gasteiger partial charge in [-0.05, 0) is 26.0 Å². The third-order valence-electron chi connectivity index (χ3n) is 4.59. The van der Waals surface area contributed by atoms with E-state index in [1.54, 1.807) is 12.4 Å². The topological polar surface area (TPSA) is 82.1 Å².